The van der Waals surface area contributed by atoms with Crippen LogP contribution in [0.25, 0.3) is 0 Å². The number of nitrogens with zero attached hydrogens (tertiary/aromatic N) is 4. The fourth-order valence-corrected chi connectivity index (χ4v) is 5.74. The maximum atomic E-state index is 13.7. The number of likely N-dealkylation sites (tertiary alicyclic amines) is 1. The van der Waals surface area contributed by atoms with Gasteiger partial charge in [-0.3, -0.25) is 9.36 Å². The molecule has 0 spiro atoms. The standard InChI is InChI=1S/C27H29IN6O3/c1-17-14-20(28)8-9-23(17)30-26(36)31-24(19-6-4-3-5-7-19)25(35)32-12-10-21(11-13-32)33-16-22-15-29-18(2)34(22)27(33)37/h3-9,14-15,21,24H,10-13,16H2,1-2H3,(H2,30,31,36). The molecule has 2 aromatic carbocycles. The van der Waals surface area contributed by atoms with Gasteiger partial charge in [-0.15, -0.1) is 0 Å². The molecule has 192 valence electrons. The Hall–Kier alpha value is -3.41. The lowest BCUT2D eigenvalue weighted by Crippen LogP contribution is -2.50. The van der Waals surface area contributed by atoms with E-state index in [-0.39, 0.29) is 18.0 Å². The van der Waals surface area contributed by atoms with Gasteiger partial charge < -0.3 is 20.4 Å². The van der Waals surface area contributed by atoms with Crippen molar-refractivity contribution in [1.82, 2.24) is 24.7 Å². The molecule has 1 atom stereocenters. The van der Waals surface area contributed by atoms with Gasteiger partial charge in [-0.1, -0.05) is 30.3 Å². The van der Waals surface area contributed by atoms with E-state index >= 15 is 0 Å². The van der Waals surface area contributed by atoms with E-state index in [0.717, 1.165) is 20.4 Å². The topological polar surface area (TPSA) is 99.6 Å². The van der Waals surface area contributed by atoms with E-state index in [4.69, 9.17) is 0 Å². The second kappa shape index (κ2) is 10.5. The number of anilines is 1. The van der Waals surface area contributed by atoms with Crippen LogP contribution in [0.3, 0.4) is 0 Å². The van der Waals surface area contributed by atoms with Gasteiger partial charge in [-0.25, -0.2) is 14.6 Å². The molecule has 2 N–H and O–H groups in total. The molecule has 3 aromatic rings. The Morgan fingerprint density at radius 3 is 2.49 bits per heavy atom. The molecule has 0 saturated carbocycles. The molecular weight excluding hydrogens is 583 g/mol. The Balaban J connectivity index is 1.25. The molecular formula is C27H29IN6O3. The molecule has 10 heteroatoms. The van der Waals surface area contributed by atoms with Crippen LogP contribution in [0.2, 0.25) is 0 Å². The normalized spacial score (nSPS) is 16.5. The van der Waals surface area contributed by atoms with Crippen molar-refractivity contribution < 1.29 is 14.4 Å². The summed E-state index contributed by atoms with van der Waals surface area (Å²) >= 11 is 2.23. The maximum Gasteiger partial charge on any atom is 0.330 e. The zero-order chi connectivity index (χ0) is 26.1. The van der Waals surface area contributed by atoms with Crippen molar-refractivity contribution in [3.63, 3.8) is 0 Å². The minimum Gasteiger partial charge on any atom is -0.340 e. The smallest absolute Gasteiger partial charge is 0.330 e. The van der Waals surface area contributed by atoms with Crippen LogP contribution in [-0.4, -0.2) is 56.5 Å². The molecule has 37 heavy (non-hydrogen) atoms. The zero-order valence-electron chi connectivity index (χ0n) is 20.8. The van der Waals surface area contributed by atoms with Gasteiger partial charge in [0.2, 0.25) is 5.91 Å². The number of aryl methyl sites for hydroxylation is 2. The van der Waals surface area contributed by atoms with E-state index in [1.165, 1.54) is 0 Å². The van der Waals surface area contributed by atoms with Crippen molar-refractivity contribution in [3.05, 3.63) is 80.9 Å². The van der Waals surface area contributed by atoms with E-state index in [2.05, 4.69) is 38.2 Å². The molecule has 4 amide bonds. The predicted octanol–water partition coefficient (Wildman–Crippen LogP) is 4.44. The Labute approximate surface area is 229 Å². The van der Waals surface area contributed by atoms with Crippen LogP contribution in [0.5, 0.6) is 0 Å². The molecule has 3 heterocycles. The number of fused-ring (bicyclic) bond motifs is 1. The number of nitrogens with one attached hydrogen (secondary N) is 2. The number of carbonyl (C=O) groups is 3. The van der Waals surface area contributed by atoms with Gasteiger partial charge in [-0.2, -0.15) is 0 Å². The highest BCUT2D eigenvalue weighted by atomic mass is 127. The molecule has 1 unspecified atom stereocenters. The van der Waals surface area contributed by atoms with Gasteiger partial charge in [0.15, 0.2) is 0 Å². The molecule has 0 radical (unpaired) electrons. The number of hydrogen-bond donors (Lipinski definition) is 2. The molecule has 2 aliphatic rings. The number of halogens is 1. The van der Waals surface area contributed by atoms with E-state index in [9.17, 15) is 14.4 Å². The van der Waals surface area contributed by atoms with E-state index in [1.54, 1.807) is 15.7 Å². The van der Waals surface area contributed by atoms with Crippen LogP contribution in [-0.2, 0) is 11.3 Å². The third-order valence-electron chi connectivity index (χ3n) is 7.09. The van der Waals surface area contributed by atoms with E-state index in [1.807, 2.05) is 67.3 Å². The first kappa shape index (κ1) is 25.2. The third-order valence-corrected chi connectivity index (χ3v) is 7.76. The summed E-state index contributed by atoms with van der Waals surface area (Å²) in [6.07, 6.45) is 3.12. The van der Waals surface area contributed by atoms with Crippen LogP contribution < -0.4 is 10.6 Å². The highest BCUT2D eigenvalue weighted by Crippen LogP contribution is 2.27. The average molecular weight is 612 g/mol. The first-order chi connectivity index (χ1) is 17.8. The number of urea groups is 1. The second-order valence-electron chi connectivity index (χ2n) is 9.50. The molecule has 0 aliphatic carbocycles. The Morgan fingerprint density at radius 2 is 1.81 bits per heavy atom. The Morgan fingerprint density at radius 1 is 1.08 bits per heavy atom. The highest BCUT2D eigenvalue weighted by molar-refractivity contribution is 14.1. The molecule has 5 rings (SSSR count). The lowest BCUT2D eigenvalue weighted by atomic mass is 10.0. The van der Waals surface area contributed by atoms with Crippen molar-refractivity contribution in [2.24, 2.45) is 0 Å². The minimum absolute atomic E-state index is 0.0406. The molecule has 1 aromatic heterocycles. The van der Waals surface area contributed by atoms with Gasteiger partial charge in [0.05, 0.1) is 18.4 Å². The SMILES string of the molecule is Cc1cc(I)ccc1NC(=O)NC(C(=O)N1CCC(N2Cc3cnc(C)n3C2=O)CC1)c1ccccc1. The number of rotatable bonds is 5. The molecule has 1 fully saturated rings. The van der Waals surface area contributed by atoms with Crippen molar-refractivity contribution >= 4 is 46.2 Å². The van der Waals surface area contributed by atoms with E-state index in [0.29, 0.717) is 44.0 Å². The van der Waals surface area contributed by atoms with Crippen LogP contribution in [0.15, 0.2) is 54.7 Å². The van der Waals surface area contributed by atoms with Gasteiger partial charge in [0.25, 0.3) is 0 Å². The predicted molar refractivity (Wildman–Crippen MR) is 148 cm³/mol. The lowest BCUT2D eigenvalue weighted by molar-refractivity contribution is -0.134. The second-order valence-corrected chi connectivity index (χ2v) is 10.7. The molecule has 0 bridgehead atoms. The van der Waals surface area contributed by atoms with Gasteiger partial charge in [-0.05, 0) is 78.6 Å². The first-order valence-electron chi connectivity index (χ1n) is 12.3. The summed E-state index contributed by atoms with van der Waals surface area (Å²) in [5, 5.41) is 5.77. The number of imidazole rings is 1. The van der Waals surface area contributed by atoms with Crippen molar-refractivity contribution in [3.8, 4) is 0 Å². The number of carbonyl (C=O) groups excluding carboxylic acids is 3. The van der Waals surface area contributed by atoms with E-state index < -0.39 is 12.1 Å². The average Bonchev–Trinajstić information content (AvgIpc) is 3.43. The minimum atomic E-state index is -0.815. The summed E-state index contributed by atoms with van der Waals surface area (Å²) < 4.78 is 2.75. The summed E-state index contributed by atoms with van der Waals surface area (Å²) in [7, 11) is 0. The van der Waals surface area contributed by atoms with Crippen molar-refractivity contribution in [2.75, 3.05) is 18.4 Å². The number of benzene rings is 2. The summed E-state index contributed by atoms with van der Waals surface area (Å²) in [4.78, 5) is 47.4. The van der Waals surface area contributed by atoms with Crippen LogP contribution in [0.1, 0.15) is 41.5 Å². The third kappa shape index (κ3) is 5.20. The van der Waals surface area contributed by atoms with Crippen LogP contribution in [0.4, 0.5) is 15.3 Å². The quantitative estimate of drug-likeness (QED) is 0.417. The highest BCUT2D eigenvalue weighted by Gasteiger charge is 2.37. The molecule has 1 saturated heterocycles. The summed E-state index contributed by atoms with van der Waals surface area (Å²) in [5.74, 6) is 0.545. The van der Waals surface area contributed by atoms with Gasteiger partial charge >= 0.3 is 12.1 Å². The van der Waals surface area contributed by atoms with Gasteiger partial charge in [0.1, 0.15) is 11.9 Å². The summed E-state index contributed by atoms with van der Waals surface area (Å²) in [5.41, 5.74) is 3.27. The summed E-state index contributed by atoms with van der Waals surface area (Å²) in [6, 6.07) is 13.8. The largest absolute Gasteiger partial charge is 0.340 e. The lowest BCUT2D eigenvalue weighted by Gasteiger charge is -2.37. The number of piperidine rings is 1. The number of hydrogen-bond acceptors (Lipinski definition) is 4. The fraction of sp³-hybridized carbons (Fsp3) is 0.333. The number of amides is 4. The van der Waals surface area contributed by atoms with Crippen molar-refractivity contribution in [1.29, 1.82) is 0 Å². The maximum absolute atomic E-state index is 13.7. The van der Waals surface area contributed by atoms with Crippen LogP contribution in [0, 0.1) is 17.4 Å². The zero-order valence-corrected chi connectivity index (χ0v) is 22.9. The van der Waals surface area contributed by atoms with Gasteiger partial charge in [0, 0.05) is 28.4 Å². The summed E-state index contributed by atoms with van der Waals surface area (Å²) in [6.45, 7) is 5.34. The Kier molecular flexibility index (Phi) is 7.18. The fourth-order valence-electron chi connectivity index (χ4n) is 5.09. The molecule has 2 aliphatic heterocycles. The molecule has 9 nitrogen and oxygen atoms in total. The Bertz CT molecular complexity index is 1330. The first-order valence-corrected chi connectivity index (χ1v) is 13.4. The monoisotopic (exact) mass is 612 g/mol. The number of aromatic nitrogens is 2. The van der Waals surface area contributed by atoms with Crippen molar-refractivity contribution in [2.45, 2.75) is 45.3 Å². The van der Waals surface area contributed by atoms with Crippen LogP contribution >= 0.6 is 22.6 Å².